The van der Waals surface area contributed by atoms with Crippen LogP contribution in [0, 0.1) is 0 Å². The van der Waals surface area contributed by atoms with Crippen molar-refractivity contribution in [2.45, 2.75) is 12.5 Å². The van der Waals surface area contributed by atoms with Gasteiger partial charge in [0.1, 0.15) is 6.04 Å². The number of thioether (sulfide) groups is 1. The first-order chi connectivity index (χ1) is 14.1. The molecule has 3 amide bonds. The van der Waals surface area contributed by atoms with Crippen LogP contribution in [0.5, 0.6) is 11.5 Å². The average Bonchev–Trinajstić information content (AvgIpc) is 3.23. The van der Waals surface area contributed by atoms with Gasteiger partial charge in [0.2, 0.25) is 6.79 Å². The van der Waals surface area contributed by atoms with Crippen molar-refractivity contribution in [3.63, 3.8) is 0 Å². The number of hydrogen-bond acceptors (Lipinski definition) is 6. The second-order valence-corrected chi connectivity index (χ2v) is 7.17. The van der Waals surface area contributed by atoms with Crippen LogP contribution in [0.2, 0.25) is 0 Å². The van der Waals surface area contributed by atoms with Crippen molar-refractivity contribution in [1.82, 2.24) is 16.2 Å². The Balaban J connectivity index is 1.59. The molecule has 0 aromatic heterocycles. The van der Waals surface area contributed by atoms with Gasteiger partial charge in [-0.05, 0) is 48.8 Å². The summed E-state index contributed by atoms with van der Waals surface area (Å²) in [5.74, 6) is 0.341. The number of hydrogen-bond donors (Lipinski definition) is 3. The largest absolute Gasteiger partial charge is 0.454 e. The van der Waals surface area contributed by atoms with E-state index >= 15 is 0 Å². The zero-order valence-electron chi connectivity index (χ0n) is 15.8. The van der Waals surface area contributed by atoms with E-state index in [0.717, 1.165) is 0 Å². The molecule has 0 aliphatic carbocycles. The minimum Gasteiger partial charge on any atom is -0.454 e. The van der Waals surface area contributed by atoms with E-state index in [4.69, 9.17) is 9.47 Å². The molecule has 3 N–H and O–H groups in total. The third-order valence-electron chi connectivity index (χ3n) is 4.20. The van der Waals surface area contributed by atoms with Gasteiger partial charge in [0.25, 0.3) is 17.7 Å². The summed E-state index contributed by atoms with van der Waals surface area (Å²) in [5.41, 5.74) is 5.51. The SMILES string of the molecule is CSCC[C@H](NC(=O)c1ccccc1)C(=O)NNC(=O)c1ccc2c(c1)OCO2. The molecular weight excluding hydrogens is 394 g/mol. The lowest BCUT2D eigenvalue weighted by molar-refractivity contribution is -0.123. The highest BCUT2D eigenvalue weighted by atomic mass is 32.2. The summed E-state index contributed by atoms with van der Waals surface area (Å²) in [6.07, 6.45) is 2.33. The first kappa shape index (κ1) is 20.5. The van der Waals surface area contributed by atoms with E-state index in [9.17, 15) is 14.4 Å². The molecule has 1 heterocycles. The van der Waals surface area contributed by atoms with E-state index in [1.54, 1.807) is 54.2 Å². The zero-order valence-corrected chi connectivity index (χ0v) is 16.6. The average molecular weight is 415 g/mol. The first-order valence-corrected chi connectivity index (χ1v) is 10.3. The second kappa shape index (κ2) is 9.83. The predicted octanol–water partition coefficient (Wildman–Crippen LogP) is 1.73. The lowest BCUT2D eigenvalue weighted by atomic mass is 10.1. The van der Waals surface area contributed by atoms with E-state index in [2.05, 4.69) is 16.2 Å². The van der Waals surface area contributed by atoms with Crippen LogP contribution in [0.4, 0.5) is 0 Å². The fourth-order valence-electron chi connectivity index (χ4n) is 2.65. The molecule has 8 nitrogen and oxygen atoms in total. The van der Waals surface area contributed by atoms with Crippen molar-refractivity contribution >= 4 is 29.5 Å². The molecule has 0 fully saturated rings. The van der Waals surface area contributed by atoms with Gasteiger partial charge in [-0.1, -0.05) is 18.2 Å². The van der Waals surface area contributed by atoms with Gasteiger partial charge in [0.15, 0.2) is 11.5 Å². The van der Waals surface area contributed by atoms with Crippen molar-refractivity contribution in [2.75, 3.05) is 18.8 Å². The number of nitrogens with one attached hydrogen (secondary N) is 3. The van der Waals surface area contributed by atoms with Gasteiger partial charge < -0.3 is 14.8 Å². The summed E-state index contributed by atoms with van der Waals surface area (Å²) in [4.78, 5) is 37.2. The van der Waals surface area contributed by atoms with Gasteiger partial charge in [-0.15, -0.1) is 0 Å². The number of amides is 3. The van der Waals surface area contributed by atoms with Gasteiger partial charge in [0, 0.05) is 11.1 Å². The number of rotatable bonds is 7. The molecule has 0 bridgehead atoms. The Morgan fingerprint density at radius 2 is 1.72 bits per heavy atom. The van der Waals surface area contributed by atoms with Crippen LogP contribution in [0.3, 0.4) is 0 Å². The van der Waals surface area contributed by atoms with Crippen molar-refractivity contribution in [3.8, 4) is 11.5 Å². The highest BCUT2D eigenvalue weighted by Gasteiger charge is 2.22. The van der Waals surface area contributed by atoms with Gasteiger partial charge in [-0.2, -0.15) is 11.8 Å². The van der Waals surface area contributed by atoms with Crippen molar-refractivity contribution in [3.05, 3.63) is 59.7 Å². The number of ether oxygens (including phenoxy) is 2. The number of carbonyl (C=O) groups is 3. The van der Waals surface area contributed by atoms with Crippen LogP contribution >= 0.6 is 11.8 Å². The molecule has 0 saturated carbocycles. The van der Waals surface area contributed by atoms with E-state index < -0.39 is 17.9 Å². The van der Waals surface area contributed by atoms with E-state index in [1.165, 1.54) is 6.07 Å². The van der Waals surface area contributed by atoms with Gasteiger partial charge >= 0.3 is 0 Å². The Morgan fingerprint density at radius 1 is 0.966 bits per heavy atom. The third-order valence-corrected chi connectivity index (χ3v) is 4.85. The molecule has 0 spiro atoms. The number of hydrazine groups is 1. The summed E-state index contributed by atoms with van der Waals surface area (Å²) >= 11 is 1.56. The molecule has 3 rings (SSSR count). The molecule has 1 atom stereocenters. The Kier molecular flexibility index (Phi) is 6.96. The summed E-state index contributed by atoms with van der Waals surface area (Å²) < 4.78 is 10.5. The van der Waals surface area contributed by atoms with E-state index in [-0.39, 0.29) is 12.7 Å². The molecule has 29 heavy (non-hydrogen) atoms. The maximum atomic E-state index is 12.5. The molecule has 9 heteroatoms. The maximum Gasteiger partial charge on any atom is 0.269 e. The summed E-state index contributed by atoms with van der Waals surface area (Å²) in [5, 5.41) is 2.71. The normalized spacial score (nSPS) is 12.7. The van der Waals surface area contributed by atoms with Crippen LogP contribution in [0.1, 0.15) is 27.1 Å². The molecule has 1 aliphatic heterocycles. The molecule has 0 saturated heterocycles. The second-order valence-electron chi connectivity index (χ2n) is 6.18. The molecule has 1 aliphatic rings. The third kappa shape index (κ3) is 5.41. The minimum atomic E-state index is -0.785. The molecule has 0 unspecified atom stereocenters. The molecule has 152 valence electrons. The highest BCUT2D eigenvalue weighted by molar-refractivity contribution is 7.98. The number of fused-ring (bicyclic) bond motifs is 1. The van der Waals surface area contributed by atoms with E-state index in [0.29, 0.717) is 34.8 Å². The Hall–Kier alpha value is -3.20. The first-order valence-electron chi connectivity index (χ1n) is 8.93. The van der Waals surface area contributed by atoms with Gasteiger partial charge in [-0.3, -0.25) is 25.2 Å². The Labute approximate surface area is 172 Å². The molecular formula is C20H21N3O5S. The molecule has 2 aromatic carbocycles. The topological polar surface area (TPSA) is 106 Å². The lowest BCUT2D eigenvalue weighted by Crippen LogP contribution is -2.52. The molecule has 0 radical (unpaired) electrons. The number of benzene rings is 2. The highest BCUT2D eigenvalue weighted by Crippen LogP contribution is 2.32. The van der Waals surface area contributed by atoms with Gasteiger partial charge in [-0.25, -0.2) is 0 Å². The van der Waals surface area contributed by atoms with Gasteiger partial charge in [0.05, 0.1) is 0 Å². The van der Waals surface area contributed by atoms with Crippen molar-refractivity contribution < 1.29 is 23.9 Å². The monoisotopic (exact) mass is 415 g/mol. The Bertz CT molecular complexity index is 891. The smallest absolute Gasteiger partial charge is 0.269 e. The summed E-state index contributed by atoms with van der Waals surface area (Å²) in [6, 6.07) is 12.6. The number of carbonyl (C=O) groups excluding carboxylic acids is 3. The summed E-state index contributed by atoms with van der Waals surface area (Å²) in [6.45, 7) is 0.107. The van der Waals surface area contributed by atoms with Crippen LogP contribution in [0.25, 0.3) is 0 Å². The van der Waals surface area contributed by atoms with Crippen LogP contribution in [0.15, 0.2) is 48.5 Å². The maximum absolute atomic E-state index is 12.5. The fraction of sp³-hybridized carbons (Fsp3) is 0.250. The zero-order chi connectivity index (χ0) is 20.6. The summed E-state index contributed by atoms with van der Waals surface area (Å²) in [7, 11) is 0. The van der Waals surface area contributed by atoms with Crippen molar-refractivity contribution in [1.29, 1.82) is 0 Å². The Morgan fingerprint density at radius 3 is 2.48 bits per heavy atom. The van der Waals surface area contributed by atoms with Crippen molar-refractivity contribution in [2.24, 2.45) is 0 Å². The standard InChI is InChI=1S/C20H21N3O5S/c1-29-10-9-15(21-18(24)13-5-3-2-4-6-13)20(26)23-22-19(25)14-7-8-16-17(11-14)28-12-27-16/h2-8,11,15H,9-10,12H2,1H3,(H,21,24)(H,22,25)(H,23,26)/t15-/m0/s1. The van der Waals surface area contributed by atoms with Crippen LogP contribution in [-0.4, -0.2) is 42.6 Å². The molecule has 2 aromatic rings. The lowest BCUT2D eigenvalue weighted by Gasteiger charge is -2.18. The quantitative estimate of drug-likeness (QED) is 0.595. The van der Waals surface area contributed by atoms with Crippen LogP contribution in [-0.2, 0) is 4.79 Å². The predicted molar refractivity (Wildman–Crippen MR) is 109 cm³/mol. The minimum absolute atomic E-state index is 0.107. The van der Waals surface area contributed by atoms with Crippen LogP contribution < -0.4 is 25.6 Å². The fourth-order valence-corrected chi connectivity index (χ4v) is 3.12. The van der Waals surface area contributed by atoms with E-state index in [1.807, 2.05) is 6.26 Å².